The molecule has 0 fully saturated rings. The highest BCUT2D eigenvalue weighted by atomic mass is 16.4. The van der Waals surface area contributed by atoms with Crippen molar-refractivity contribution >= 4 is 5.97 Å². The number of hydrogen-bond acceptors (Lipinski definition) is 2. The highest BCUT2D eigenvalue weighted by Gasteiger charge is 2.25. The molecule has 3 nitrogen and oxygen atoms in total. The van der Waals surface area contributed by atoms with Crippen molar-refractivity contribution in [1.82, 2.24) is 0 Å². The van der Waals surface area contributed by atoms with E-state index < -0.39 is 12.1 Å². The molecule has 0 radical (unpaired) electrons. The molecular formula is C13H18O3. The summed E-state index contributed by atoms with van der Waals surface area (Å²) in [6, 6.07) is 7.76. The first-order valence-corrected chi connectivity index (χ1v) is 5.59. The van der Waals surface area contributed by atoms with E-state index >= 15 is 0 Å². The summed E-state index contributed by atoms with van der Waals surface area (Å²) in [5.41, 5.74) is 2.10. The van der Waals surface area contributed by atoms with Crippen molar-refractivity contribution < 1.29 is 15.0 Å². The van der Waals surface area contributed by atoms with E-state index in [0.717, 1.165) is 12.0 Å². The molecule has 0 saturated heterocycles. The van der Waals surface area contributed by atoms with Gasteiger partial charge in [-0.25, -0.2) is 4.79 Å². The Hall–Kier alpha value is -1.35. The third kappa shape index (κ3) is 2.83. The van der Waals surface area contributed by atoms with Crippen molar-refractivity contribution in [2.75, 3.05) is 0 Å². The van der Waals surface area contributed by atoms with E-state index in [9.17, 15) is 9.90 Å². The van der Waals surface area contributed by atoms with Crippen LogP contribution in [0.5, 0.6) is 0 Å². The zero-order valence-corrected chi connectivity index (χ0v) is 9.68. The molecule has 1 rings (SSSR count). The highest BCUT2D eigenvalue weighted by Crippen LogP contribution is 2.24. The number of carbonyl (C=O) groups is 1. The molecule has 88 valence electrons. The number of aryl methyl sites for hydroxylation is 1. The van der Waals surface area contributed by atoms with Crippen molar-refractivity contribution in [2.24, 2.45) is 0 Å². The van der Waals surface area contributed by atoms with Crippen LogP contribution < -0.4 is 0 Å². The van der Waals surface area contributed by atoms with Crippen molar-refractivity contribution in [1.29, 1.82) is 0 Å². The van der Waals surface area contributed by atoms with E-state index in [4.69, 9.17) is 5.11 Å². The molecular weight excluding hydrogens is 204 g/mol. The summed E-state index contributed by atoms with van der Waals surface area (Å²) in [5, 5.41) is 18.4. The van der Waals surface area contributed by atoms with Gasteiger partial charge in [0, 0.05) is 5.92 Å². The van der Waals surface area contributed by atoms with E-state index in [1.54, 1.807) is 0 Å². The van der Waals surface area contributed by atoms with E-state index in [2.05, 4.69) is 6.92 Å². The Morgan fingerprint density at radius 3 is 2.19 bits per heavy atom. The van der Waals surface area contributed by atoms with Gasteiger partial charge in [-0.05, 0) is 24.0 Å². The van der Waals surface area contributed by atoms with Gasteiger partial charge in [0.1, 0.15) is 0 Å². The van der Waals surface area contributed by atoms with Crippen molar-refractivity contribution in [3.05, 3.63) is 35.4 Å². The van der Waals surface area contributed by atoms with Gasteiger partial charge in [0.2, 0.25) is 0 Å². The largest absolute Gasteiger partial charge is 0.479 e. The predicted molar refractivity (Wildman–Crippen MR) is 62.5 cm³/mol. The lowest BCUT2D eigenvalue weighted by Crippen LogP contribution is -2.27. The lowest BCUT2D eigenvalue weighted by molar-refractivity contribution is -0.147. The molecule has 3 heteroatoms. The molecule has 2 N–H and O–H groups in total. The number of benzene rings is 1. The summed E-state index contributed by atoms with van der Waals surface area (Å²) in [5.74, 6) is -1.49. The number of aliphatic hydroxyl groups excluding tert-OH is 1. The fourth-order valence-corrected chi connectivity index (χ4v) is 1.81. The minimum Gasteiger partial charge on any atom is -0.479 e. The van der Waals surface area contributed by atoms with E-state index in [0.29, 0.717) is 6.42 Å². The van der Waals surface area contributed by atoms with Crippen LogP contribution >= 0.6 is 0 Å². The molecule has 2 atom stereocenters. The van der Waals surface area contributed by atoms with Crippen LogP contribution in [0.2, 0.25) is 0 Å². The molecule has 0 spiro atoms. The first-order chi connectivity index (χ1) is 7.60. The molecule has 0 heterocycles. The zero-order valence-electron chi connectivity index (χ0n) is 9.68. The standard InChI is InChI=1S/C13H18O3/c1-3-9-5-7-10(8-6-9)11(4-2)12(14)13(15)16/h5-8,11-12,14H,3-4H2,1-2H3,(H,15,16). The summed E-state index contributed by atoms with van der Waals surface area (Å²) in [6.45, 7) is 3.95. The first kappa shape index (κ1) is 12.7. The number of aliphatic hydroxyl groups is 1. The molecule has 0 bridgehead atoms. The van der Waals surface area contributed by atoms with Gasteiger partial charge < -0.3 is 10.2 Å². The summed E-state index contributed by atoms with van der Waals surface area (Å²) in [4.78, 5) is 10.7. The predicted octanol–water partition coefficient (Wildman–Crippen LogP) is 2.19. The van der Waals surface area contributed by atoms with Gasteiger partial charge >= 0.3 is 5.97 Å². The molecule has 0 aliphatic rings. The number of aliphatic carboxylic acids is 1. The second-order valence-electron chi connectivity index (χ2n) is 3.89. The van der Waals surface area contributed by atoms with Crippen molar-refractivity contribution in [3.63, 3.8) is 0 Å². The van der Waals surface area contributed by atoms with E-state index in [1.165, 1.54) is 5.56 Å². The summed E-state index contributed by atoms with van der Waals surface area (Å²) < 4.78 is 0. The zero-order chi connectivity index (χ0) is 12.1. The molecule has 0 saturated carbocycles. The first-order valence-electron chi connectivity index (χ1n) is 5.59. The average Bonchev–Trinajstić information content (AvgIpc) is 2.30. The van der Waals surface area contributed by atoms with Crippen LogP contribution in [0, 0.1) is 0 Å². The minimum absolute atomic E-state index is 0.330. The SMILES string of the molecule is CCc1ccc(C(CC)C(O)C(=O)O)cc1. The topological polar surface area (TPSA) is 57.5 Å². The maximum Gasteiger partial charge on any atom is 0.333 e. The Kier molecular flexibility index (Phi) is 4.50. The van der Waals surface area contributed by atoms with Gasteiger partial charge in [-0.3, -0.25) is 0 Å². The molecule has 1 aromatic rings. The fourth-order valence-electron chi connectivity index (χ4n) is 1.81. The van der Waals surface area contributed by atoms with Crippen molar-refractivity contribution in [3.8, 4) is 0 Å². The maximum absolute atomic E-state index is 10.7. The Morgan fingerprint density at radius 2 is 1.81 bits per heavy atom. The summed E-state index contributed by atoms with van der Waals surface area (Å²) in [6.07, 6.45) is 0.245. The number of carboxylic acids is 1. The van der Waals surface area contributed by atoms with Gasteiger partial charge in [0.25, 0.3) is 0 Å². The lowest BCUT2D eigenvalue weighted by atomic mass is 9.90. The molecule has 0 aliphatic carbocycles. The maximum atomic E-state index is 10.7. The van der Waals surface area contributed by atoms with Crippen LogP contribution in [-0.4, -0.2) is 22.3 Å². The molecule has 0 aliphatic heterocycles. The number of rotatable bonds is 5. The van der Waals surface area contributed by atoms with Gasteiger partial charge in [-0.2, -0.15) is 0 Å². The second kappa shape index (κ2) is 5.66. The third-order valence-corrected chi connectivity index (χ3v) is 2.89. The van der Waals surface area contributed by atoms with Gasteiger partial charge in [0.15, 0.2) is 6.10 Å². The fraction of sp³-hybridized carbons (Fsp3) is 0.462. The van der Waals surface area contributed by atoms with Crippen molar-refractivity contribution in [2.45, 2.75) is 38.7 Å². The number of hydrogen-bond donors (Lipinski definition) is 2. The normalized spacial score (nSPS) is 14.4. The van der Waals surface area contributed by atoms with Crippen LogP contribution in [0.15, 0.2) is 24.3 Å². The quantitative estimate of drug-likeness (QED) is 0.802. The molecule has 0 amide bonds. The van der Waals surface area contributed by atoms with Gasteiger partial charge in [0.05, 0.1) is 0 Å². The second-order valence-corrected chi connectivity index (χ2v) is 3.89. The average molecular weight is 222 g/mol. The van der Waals surface area contributed by atoms with Gasteiger partial charge in [-0.1, -0.05) is 38.1 Å². The van der Waals surface area contributed by atoms with Crippen LogP contribution in [0.4, 0.5) is 0 Å². The Balaban J connectivity index is 2.90. The molecule has 1 aromatic carbocycles. The lowest BCUT2D eigenvalue weighted by Gasteiger charge is -2.18. The summed E-state index contributed by atoms with van der Waals surface area (Å²) in [7, 11) is 0. The smallest absolute Gasteiger partial charge is 0.333 e. The Bertz CT molecular complexity index is 343. The van der Waals surface area contributed by atoms with Crippen LogP contribution in [-0.2, 0) is 11.2 Å². The van der Waals surface area contributed by atoms with Gasteiger partial charge in [-0.15, -0.1) is 0 Å². The third-order valence-electron chi connectivity index (χ3n) is 2.89. The van der Waals surface area contributed by atoms with E-state index in [1.807, 2.05) is 31.2 Å². The van der Waals surface area contributed by atoms with Crippen LogP contribution in [0.1, 0.15) is 37.3 Å². The molecule has 16 heavy (non-hydrogen) atoms. The monoisotopic (exact) mass is 222 g/mol. The molecule has 2 unspecified atom stereocenters. The molecule has 0 aromatic heterocycles. The van der Waals surface area contributed by atoms with E-state index in [-0.39, 0.29) is 5.92 Å². The van der Waals surface area contributed by atoms with Crippen LogP contribution in [0.3, 0.4) is 0 Å². The Morgan fingerprint density at radius 1 is 1.25 bits per heavy atom. The Labute approximate surface area is 95.7 Å². The highest BCUT2D eigenvalue weighted by molar-refractivity contribution is 5.73. The van der Waals surface area contributed by atoms with Crippen LogP contribution in [0.25, 0.3) is 0 Å². The minimum atomic E-state index is -1.32. The summed E-state index contributed by atoms with van der Waals surface area (Å²) >= 11 is 0. The number of carboxylic acid groups (broad SMARTS) is 1.